The van der Waals surface area contributed by atoms with Crippen LogP contribution in [0, 0.1) is 0 Å². The van der Waals surface area contributed by atoms with E-state index in [-0.39, 0.29) is 6.29 Å². The Labute approximate surface area is 76.4 Å². The van der Waals surface area contributed by atoms with E-state index in [1.165, 1.54) is 0 Å². The molecular formula is C7H18O3Si2. The van der Waals surface area contributed by atoms with Crippen LogP contribution in [0.15, 0.2) is 0 Å². The highest BCUT2D eigenvalue weighted by Gasteiger charge is 2.38. The molecule has 5 heteroatoms. The van der Waals surface area contributed by atoms with E-state index < -0.39 is 16.9 Å². The van der Waals surface area contributed by atoms with Gasteiger partial charge in [-0.05, 0) is 32.7 Å². The van der Waals surface area contributed by atoms with Crippen molar-refractivity contribution in [2.75, 3.05) is 6.61 Å². The van der Waals surface area contributed by atoms with Crippen molar-refractivity contribution in [2.24, 2.45) is 0 Å². The fraction of sp³-hybridized carbons (Fsp3) is 1.00. The molecule has 72 valence electrons. The second-order valence-corrected chi connectivity index (χ2v) is 12.6. The first-order chi connectivity index (χ1) is 5.29. The number of hydrogen-bond acceptors (Lipinski definition) is 3. The van der Waals surface area contributed by atoms with Gasteiger partial charge in [0, 0.05) is 0 Å². The van der Waals surface area contributed by atoms with Crippen molar-refractivity contribution in [3.8, 4) is 0 Å². The zero-order chi connectivity index (χ0) is 9.41. The minimum Gasteiger partial charge on any atom is -0.436 e. The first kappa shape index (κ1) is 10.4. The normalized spacial score (nSPS) is 24.2. The van der Waals surface area contributed by atoms with E-state index in [1.807, 2.05) is 0 Å². The lowest BCUT2D eigenvalue weighted by Crippen LogP contribution is -2.45. The molecule has 1 unspecified atom stereocenters. The molecule has 1 aliphatic heterocycles. The van der Waals surface area contributed by atoms with Crippen molar-refractivity contribution in [1.82, 2.24) is 0 Å². The molecule has 0 bridgehead atoms. The smallest absolute Gasteiger partial charge is 0.323 e. The third-order valence-electron chi connectivity index (χ3n) is 1.27. The minimum absolute atomic E-state index is 0.0306. The highest BCUT2D eigenvalue weighted by atomic mass is 28.4. The molecule has 1 heterocycles. The SMILES string of the molecule is C[Si](C)(C)O[Si](C)(C)OC1CO1. The van der Waals surface area contributed by atoms with Crippen LogP contribution in [-0.4, -0.2) is 29.8 Å². The zero-order valence-electron chi connectivity index (χ0n) is 8.51. The third kappa shape index (κ3) is 4.37. The Hall–Kier alpha value is 0.314. The average Bonchev–Trinajstić information content (AvgIpc) is 2.39. The summed E-state index contributed by atoms with van der Waals surface area (Å²) in [6.07, 6.45) is 0.0306. The molecule has 3 nitrogen and oxygen atoms in total. The molecule has 1 rings (SSSR count). The molecule has 1 atom stereocenters. The van der Waals surface area contributed by atoms with Gasteiger partial charge in [-0.2, -0.15) is 0 Å². The van der Waals surface area contributed by atoms with Gasteiger partial charge in [-0.25, -0.2) is 0 Å². The molecule has 12 heavy (non-hydrogen) atoms. The lowest BCUT2D eigenvalue weighted by atomic mass is 10.9. The van der Waals surface area contributed by atoms with Gasteiger partial charge < -0.3 is 13.3 Å². The summed E-state index contributed by atoms with van der Waals surface area (Å²) in [4.78, 5) is 0. The van der Waals surface area contributed by atoms with Crippen LogP contribution in [0.25, 0.3) is 0 Å². The fourth-order valence-electron chi connectivity index (χ4n) is 1.19. The molecule has 0 aromatic rings. The van der Waals surface area contributed by atoms with Gasteiger partial charge >= 0.3 is 8.56 Å². The Morgan fingerprint density at radius 1 is 1.17 bits per heavy atom. The van der Waals surface area contributed by atoms with E-state index in [0.29, 0.717) is 0 Å². The van der Waals surface area contributed by atoms with Crippen molar-refractivity contribution < 1.29 is 13.3 Å². The second kappa shape index (κ2) is 3.23. The molecule has 0 radical (unpaired) electrons. The summed E-state index contributed by atoms with van der Waals surface area (Å²) in [5, 5.41) is 0. The van der Waals surface area contributed by atoms with Crippen LogP contribution in [-0.2, 0) is 13.3 Å². The molecular weight excluding hydrogens is 188 g/mol. The van der Waals surface area contributed by atoms with Crippen LogP contribution in [0.5, 0.6) is 0 Å². The van der Waals surface area contributed by atoms with E-state index >= 15 is 0 Å². The maximum atomic E-state index is 5.95. The Bertz CT molecular complexity index is 161. The maximum Gasteiger partial charge on any atom is 0.323 e. The molecule has 0 aliphatic carbocycles. The summed E-state index contributed by atoms with van der Waals surface area (Å²) < 4.78 is 16.6. The van der Waals surface area contributed by atoms with Crippen LogP contribution in [0.4, 0.5) is 0 Å². The molecule has 0 saturated carbocycles. The number of epoxide rings is 1. The fourth-order valence-corrected chi connectivity index (χ4v) is 8.05. The van der Waals surface area contributed by atoms with Crippen LogP contribution in [0.1, 0.15) is 0 Å². The van der Waals surface area contributed by atoms with Crippen LogP contribution in [0.3, 0.4) is 0 Å². The van der Waals surface area contributed by atoms with E-state index in [2.05, 4.69) is 32.7 Å². The summed E-state index contributed by atoms with van der Waals surface area (Å²) in [5.41, 5.74) is 0. The van der Waals surface area contributed by atoms with Gasteiger partial charge in [-0.15, -0.1) is 0 Å². The lowest BCUT2D eigenvalue weighted by molar-refractivity contribution is 0.142. The zero-order valence-corrected chi connectivity index (χ0v) is 10.5. The van der Waals surface area contributed by atoms with Crippen molar-refractivity contribution in [1.29, 1.82) is 0 Å². The summed E-state index contributed by atoms with van der Waals surface area (Å²) in [6.45, 7) is 11.4. The van der Waals surface area contributed by atoms with E-state index in [1.54, 1.807) is 0 Å². The molecule has 0 aromatic heterocycles. The molecule has 0 aromatic carbocycles. The van der Waals surface area contributed by atoms with Gasteiger partial charge in [0.15, 0.2) is 14.6 Å². The van der Waals surface area contributed by atoms with Gasteiger partial charge in [0.05, 0.1) is 0 Å². The topological polar surface area (TPSA) is 31.0 Å². The van der Waals surface area contributed by atoms with Gasteiger partial charge in [0.25, 0.3) is 0 Å². The monoisotopic (exact) mass is 206 g/mol. The summed E-state index contributed by atoms with van der Waals surface area (Å²) in [6, 6.07) is 0. The maximum absolute atomic E-state index is 5.95. The number of hydrogen-bond donors (Lipinski definition) is 0. The number of rotatable bonds is 4. The molecule has 0 N–H and O–H groups in total. The van der Waals surface area contributed by atoms with Crippen LogP contribution < -0.4 is 0 Å². The standard InChI is InChI=1S/C7H18O3Si2/c1-11(2,3)10-12(4,5)9-7-6-8-7/h7H,6H2,1-5H3. The predicted molar refractivity (Wildman–Crippen MR) is 52.7 cm³/mol. The highest BCUT2D eigenvalue weighted by Crippen LogP contribution is 2.21. The summed E-state index contributed by atoms with van der Waals surface area (Å²) in [5.74, 6) is 0. The van der Waals surface area contributed by atoms with E-state index in [9.17, 15) is 0 Å². The summed E-state index contributed by atoms with van der Waals surface area (Å²) in [7, 11) is -3.35. The van der Waals surface area contributed by atoms with Crippen LogP contribution >= 0.6 is 0 Å². The Balaban J connectivity index is 2.35. The largest absolute Gasteiger partial charge is 0.436 e. The first-order valence-electron chi connectivity index (χ1n) is 4.28. The quantitative estimate of drug-likeness (QED) is 0.520. The average molecular weight is 206 g/mol. The number of ether oxygens (including phenoxy) is 1. The third-order valence-corrected chi connectivity index (χ3v) is 6.52. The molecule has 1 fully saturated rings. The first-order valence-corrected chi connectivity index (χ1v) is 10.5. The second-order valence-electron chi connectivity index (χ2n) is 4.50. The highest BCUT2D eigenvalue weighted by molar-refractivity contribution is 6.81. The Kier molecular flexibility index (Phi) is 2.79. The predicted octanol–water partition coefficient (Wildman–Crippen LogP) is 1.91. The van der Waals surface area contributed by atoms with Gasteiger partial charge in [0.1, 0.15) is 6.61 Å². The van der Waals surface area contributed by atoms with Crippen molar-refractivity contribution in [3.05, 3.63) is 0 Å². The van der Waals surface area contributed by atoms with Gasteiger partial charge in [-0.3, -0.25) is 0 Å². The molecule has 0 spiro atoms. The van der Waals surface area contributed by atoms with Crippen molar-refractivity contribution in [3.63, 3.8) is 0 Å². The Morgan fingerprint density at radius 3 is 2.00 bits per heavy atom. The van der Waals surface area contributed by atoms with E-state index in [4.69, 9.17) is 13.3 Å². The van der Waals surface area contributed by atoms with Gasteiger partial charge in [0.2, 0.25) is 0 Å². The lowest BCUT2D eigenvalue weighted by Gasteiger charge is -2.30. The van der Waals surface area contributed by atoms with E-state index in [0.717, 1.165) is 6.61 Å². The minimum atomic E-state index is -1.90. The van der Waals surface area contributed by atoms with Crippen LogP contribution in [0.2, 0.25) is 32.7 Å². The molecule has 1 saturated heterocycles. The Morgan fingerprint density at radius 2 is 1.67 bits per heavy atom. The van der Waals surface area contributed by atoms with Crippen molar-refractivity contribution in [2.45, 2.75) is 39.0 Å². The molecule has 0 amide bonds. The van der Waals surface area contributed by atoms with Gasteiger partial charge in [-0.1, -0.05) is 0 Å². The molecule has 1 aliphatic rings. The van der Waals surface area contributed by atoms with Crippen molar-refractivity contribution >= 4 is 16.9 Å². The summed E-state index contributed by atoms with van der Waals surface area (Å²) >= 11 is 0.